The summed E-state index contributed by atoms with van der Waals surface area (Å²) >= 11 is 0. The molecule has 0 unspecified atom stereocenters. The zero-order chi connectivity index (χ0) is 13.6. The van der Waals surface area contributed by atoms with Gasteiger partial charge in [-0.2, -0.15) is 10.2 Å². The third kappa shape index (κ3) is 1.68. The maximum absolute atomic E-state index is 12.1. The van der Waals surface area contributed by atoms with E-state index in [4.69, 9.17) is 0 Å². The second-order valence-electron chi connectivity index (χ2n) is 4.61. The van der Waals surface area contributed by atoms with Gasteiger partial charge in [0.05, 0.1) is 18.2 Å². The SMILES string of the molecule is CC(=O)c1ccc(N2C(=O)[C@H]3N=NC[C@H]3C2=O)cc1. The van der Waals surface area contributed by atoms with Crippen LogP contribution in [-0.2, 0) is 9.59 Å². The van der Waals surface area contributed by atoms with Gasteiger partial charge in [0.25, 0.3) is 5.91 Å². The van der Waals surface area contributed by atoms with Crippen LogP contribution in [0.1, 0.15) is 17.3 Å². The molecule has 2 aliphatic heterocycles. The summed E-state index contributed by atoms with van der Waals surface area (Å²) < 4.78 is 0. The Bertz CT molecular complexity index is 606. The zero-order valence-electron chi connectivity index (χ0n) is 10.2. The van der Waals surface area contributed by atoms with Gasteiger partial charge in [-0.05, 0) is 31.2 Å². The van der Waals surface area contributed by atoms with Crippen LogP contribution in [0, 0.1) is 5.92 Å². The third-order valence-corrected chi connectivity index (χ3v) is 3.41. The van der Waals surface area contributed by atoms with Crippen LogP contribution in [-0.4, -0.2) is 30.2 Å². The summed E-state index contributed by atoms with van der Waals surface area (Å²) in [5.41, 5.74) is 1.02. The van der Waals surface area contributed by atoms with Crippen molar-refractivity contribution in [1.29, 1.82) is 0 Å². The molecule has 2 amide bonds. The molecule has 0 aromatic heterocycles. The van der Waals surface area contributed by atoms with E-state index in [1.54, 1.807) is 24.3 Å². The summed E-state index contributed by atoms with van der Waals surface area (Å²) in [4.78, 5) is 36.6. The number of hydrogen-bond donors (Lipinski definition) is 0. The number of carbonyl (C=O) groups is 3. The van der Waals surface area contributed by atoms with Crippen LogP contribution in [0.2, 0.25) is 0 Å². The topological polar surface area (TPSA) is 79.2 Å². The molecule has 0 aliphatic carbocycles. The fourth-order valence-electron chi connectivity index (χ4n) is 2.34. The second kappa shape index (κ2) is 4.08. The molecular formula is C13H11N3O3. The Morgan fingerprint density at radius 1 is 1.21 bits per heavy atom. The lowest BCUT2D eigenvalue weighted by molar-refractivity contribution is -0.122. The highest BCUT2D eigenvalue weighted by Crippen LogP contribution is 2.32. The van der Waals surface area contributed by atoms with Crippen molar-refractivity contribution in [2.75, 3.05) is 11.4 Å². The van der Waals surface area contributed by atoms with Crippen LogP contribution < -0.4 is 4.90 Å². The summed E-state index contributed by atoms with van der Waals surface area (Å²) in [7, 11) is 0. The van der Waals surface area contributed by atoms with Crippen molar-refractivity contribution < 1.29 is 14.4 Å². The normalized spacial score (nSPS) is 25.0. The van der Waals surface area contributed by atoms with E-state index < -0.39 is 12.0 Å². The van der Waals surface area contributed by atoms with Crippen molar-refractivity contribution in [3.05, 3.63) is 29.8 Å². The van der Waals surface area contributed by atoms with Gasteiger partial charge >= 0.3 is 0 Å². The van der Waals surface area contributed by atoms with Crippen LogP contribution in [0.25, 0.3) is 0 Å². The number of azo groups is 1. The molecule has 0 bridgehead atoms. The van der Waals surface area contributed by atoms with E-state index in [1.807, 2.05) is 0 Å². The Labute approximate surface area is 109 Å². The Kier molecular flexibility index (Phi) is 2.51. The van der Waals surface area contributed by atoms with Crippen molar-refractivity contribution >= 4 is 23.3 Å². The predicted molar refractivity (Wildman–Crippen MR) is 65.9 cm³/mol. The van der Waals surface area contributed by atoms with Crippen molar-refractivity contribution in [2.24, 2.45) is 16.1 Å². The van der Waals surface area contributed by atoms with Gasteiger partial charge < -0.3 is 0 Å². The van der Waals surface area contributed by atoms with E-state index in [0.717, 1.165) is 4.90 Å². The van der Waals surface area contributed by atoms with Gasteiger partial charge in [0, 0.05) is 5.56 Å². The fraction of sp³-hybridized carbons (Fsp3) is 0.308. The standard InChI is InChI=1S/C13H11N3O3/c1-7(17)8-2-4-9(5-3-8)16-12(18)10-6-14-15-11(10)13(16)19/h2-5,10-11H,6H2,1H3/t10-,11+/m1/s1. The quantitative estimate of drug-likeness (QED) is 0.590. The molecule has 1 aromatic carbocycles. The first-order valence-electron chi connectivity index (χ1n) is 5.95. The lowest BCUT2D eigenvalue weighted by Crippen LogP contribution is -2.32. The minimum absolute atomic E-state index is 0.0590. The van der Waals surface area contributed by atoms with Crippen molar-refractivity contribution in [3.8, 4) is 0 Å². The number of hydrogen-bond acceptors (Lipinski definition) is 5. The number of fused-ring (bicyclic) bond motifs is 1. The molecule has 1 aromatic rings. The van der Waals surface area contributed by atoms with E-state index >= 15 is 0 Å². The van der Waals surface area contributed by atoms with Crippen molar-refractivity contribution in [2.45, 2.75) is 13.0 Å². The maximum Gasteiger partial charge on any atom is 0.261 e. The molecule has 0 radical (unpaired) electrons. The van der Waals surface area contributed by atoms with Gasteiger partial charge in [-0.15, -0.1) is 0 Å². The van der Waals surface area contributed by atoms with Gasteiger partial charge in [0.15, 0.2) is 11.8 Å². The van der Waals surface area contributed by atoms with E-state index in [9.17, 15) is 14.4 Å². The van der Waals surface area contributed by atoms with Gasteiger partial charge in [0.1, 0.15) is 0 Å². The molecular weight excluding hydrogens is 246 g/mol. The number of benzene rings is 1. The van der Waals surface area contributed by atoms with Crippen LogP contribution in [0.5, 0.6) is 0 Å². The average molecular weight is 257 g/mol. The lowest BCUT2D eigenvalue weighted by atomic mass is 10.1. The molecule has 2 aliphatic rings. The van der Waals surface area contributed by atoms with Crippen LogP contribution >= 0.6 is 0 Å². The molecule has 19 heavy (non-hydrogen) atoms. The molecule has 3 rings (SSSR count). The average Bonchev–Trinajstić information content (AvgIpc) is 2.95. The van der Waals surface area contributed by atoms with Gasteiger partial charge in [-0.3, -0.25) is 14.4 Å². The minimum atomic E-state index is -0.667. The number of nitrogens with zero attached hydrogens (tertiary/aromatic N) is 3. The molecule has 6 heteroatoms. The van der Waals surface area contributed by atoms with Gasteiger partial charge in [0.2, 0.25) is 5.91 Å². The number of ketones is 1. The van der Waals surface area contributed by atoms with Crippen LogP contribution in [0.3, 0.4) is 0 Å². The van der Waals surface area contributed by atoms with Gasteiger partial charge in [-0.1, -0.05) is 0 Å². The molecule has 6 nitrogen and oxygen atoms in total. The summed E-state index contributed by atoms with van der Waals surface area (Å²) in [5.74, 6) is -1.13. The molecule has 2 atom stereocenters. The highest BCUT2D eigenvalue weighted by Gasteiger charge is 2.50. The molecule has 0 saturated carbocycles. The zero-order valence-corrected chi connectivity index (χ0v) is 10.2. The molecule has 2 heterocycles. The predicted octanol–water partition coefficient (Wildman–Crippen LogP) is 1.21. The number of amides is 2. The lowest BCUT2D eigenvalue weighted by Gasteiger charge is -2.14. The molecule has 1 saturated heterocycles. The molecule has 1 fully saturated rings. The first kappa shape index (κ1) is 11.7. The minimum Gasteiger partial charge on any atom is -0.295 e. The van der Waals surface area contributed by atoms with E-state index in [1.165, 1.54) is 6.92 Å². The van der Waals surface area contributed by atoms with Crippen molar-refractivity contribution in [3.63, 3.8) is 0 Å². The number of imide groups is 1. The molecule has 0 spiro atoms. The number of Topliss-reactive ketones (excluding diaryl/α,β-unsaturated/α-hetero) is 1. The summed E-state index contributed by atoms with van der Waals surface area (Å²) in [6, 6.07) is 5.75. The largest absolute Gasteiger partial charge is 0.295 e. The van der Waals surface area contributed by atoms with E-state index in [-0.39, 0.29) is 24.1 Å². The fourth-order valence-corrected chi connectivity index (χ4v) is 2.34. The summed E-state index contributed by atoms with van der Waals surface area (Å²) in [5, 5.41) is 7.56. The molecule has 96 valence electrons. The maximum atomic E-state index is 12.1. The third-order valence-electron chi connectivity index (χ3n) is 3.41. The molecule has 0 N–H and O–H groups in total. The highest BCUT2D eigenvalue weighted by molar-refractivity contribution is 6.23. The Morgan fingerprint density at radius 3 is 2.47 bits per heavy atom. The van der Waals surface area contributed by atoms with E-state index in [0.29, 0.717) is 11.3 Å². The Morgan fingerprint density at radius 2 is 1.89 bits per heavy atom. The van der Waals surface area contributed by atoms with Gasteiger partial charge in [-0.25, -0.2) is 4.90 Å². The second-order valence-corrected chi connectivity index (χ2v) is 4.61. The monoisotopic (exact) mass is 257 g/mol. The number of anilines is 1. The van der Waals surface area contributed by atoms with Crippen LogP contribution in [0.15, 0.2) is 34.5 Å². The number of carbonyl (C=O) groups excluding carboxylic acids is 3. The van der Waals surface area contributed by atoms with Crippen LogP contribution in [0.4, 0.5) is 5.69 Å². The number of rotatable bonds is 2. The first-order valence-corrected chi connectivity index (χ1v) is 5.95. The first-order chi connectivity index (χ1) is 9.09. The van der Waals surface area contributed by atoms with Crippen molar-refractivity contribution in [1.82, 2.24) is 0 Å². The Balaban J connectivity index is 1.94. The smallest absolute Gasteiger partial charge is 0.261 e. The van der Waals surface area contributed by atoms with E-state index in [2.05, 4.69) is 10.2 Å². The summed E-state index contributed by atoms with van der Waals surface area (Å²) in [6.07, 6.45) is 0. The highest BCUT2D eigenvalue weighted by atomic mass is 16.2. The Hall–Kier alpha value is -2.37. The summed E-state index contributed by atoms with van der Waals surface area (Å²) in [6.45, 7) is 1.74.